The van der Waals surface area contributed by atoms with Crippen LogP contribution in [0.5, 0.6) is 5.75 Å². The van der Waals surface area contributed by atoms with Gasteiger partial charge in [0.2, 0.25) is 0 Å². The van der Waals surface area contributed by atoms with Gasteiger partial charge in [0, 0.05) is 31.3 Å². The average molecular weight is 350 g/mol. The standard InChI is InChI=1S/C18H17F3N2O2/c19-18(20,21)17-9-13(7-8-23-17)16(24)6-3-12-1-4-14(5-2-12)25-15-10-22-11-15/h1-2,4-5,7-9,15,22H,3,6,10-11H2. The summed E-state index contributed by atoms with van der Waals surface area (Å²) >= 11 is 0. The third-order valence-corrected chi connectivity index (χ3v) is 3.98. The van der Waals surface area contributed by atoms with Crippen LogP contribution in [-0.4, -0.2) is 30.0 Å². The van der Waals surface area contributed by atoms with Gasteiger partial charge in [-0.2, -0.15) is 13.2 Å². The third-order valence-electron chi connectivity index (χ3n) is 3.98. The number of aryl methyl sites for hydroxylation is 1. The highest BCUT2D eigenvalue weighted by atomic mass is 19.4. The minimum absolute atomic E-state index is 0.0276. The van der Waals surface area contributed by atoms with E-state index in [0.717, 1.165) is 36.7 Å². The Morgan fingerprint density at radius 3 is 2.52 bits per heavy atom. The number of benzene rings is 1. The zero-order valence-corrected chi connectivity index (χ0v) is 13.3. The highest BCUT2D eigenvalue weighted by molar-refractivity contribution is 5.96. The van der Waals surface area contributed by atoms with E-state index >= 15 is 0 Å². The fourth-order valence-electron chi connectivity index (χ4n) is 2.43. The van der Waals surface area contributed by atoms with E-state index in [2.05, 4.69) is 10.3 Å². The van der Waals surface area contributed by atoms with Crippen molar-refractivity contribution in [3.05, 3.63) is 59.4 Å². The molecule has 1 aliphatic heterocycles. The van der Waals surface area contributed by atoms with Gasteiger partial charge >= 0.3 is 6.18 Å². The minimum atomic E-state index is -4.55. The van der Waals surface area contributed by atoms with E-state index in [4.69, 9.17) is 4.74 Å². The van der Waals surface area contributed by atoms with Gasteiger partial charge in [-0.15, -0.1) is 0 Å². The summed E-state index contributed by atoms with van der Waals surface area (Å²) in [6.07, 6.45) is -2.76. The number of Topliss-reactive ketones (excluding diaryl/α,β-unsaturated/α-hetero) is 1. The molecular formula is C18H17F3N2O2. The normalized spacial score (nSPS) is 14.8. The minimum Gasteiger partial charge on any atom is -0.488 e. The summed E-state index contributed by atoms with van der Waals surface area (Å²) in [5.74, 6) is 0.430. The van der Waals surface area contributed by atoms with E-state index in [1.807, 2.05) is 24.3 Å². The van der Waals surface area contributed by atoms with E-state index in [-0.39, 0.29) is 23.9 Å². The predicted molar refractivity (Wildman–Crippen MR) is 85.6 cm³/mol. The molecule has 1 fully saturated rings. The summed E-state index contributed by atoms with van der Waals surface area (Å²) < 4.78 is 43.7. The molecule has 0 radical (unpaired) electrons. The van der Waals surface area contributed by atoms with Gasteiger partial charge in [0.25, 0.3) is 0 Å². The largest absolute Gasteiger partial charge is 0.488 e. The Kier molecular flexibility index (Phi) is 5.03. The molecule has 4 nitrogen and oxygen atoms in total. The zero-order valence-electron chi connectivity index (χ0n) is 13.3. The van der Waals surface area contributed by atoms with Crippen LogP contribution in [0.3, 0.4) is 0 Å². The first kappa shape index (κ1) is 17.4. The molecule has 1 aliphatic rings. The number of hydrogen-bond acceptors (Lipinski definition) is 4. The molecule has 7 heteroatoms. The van der Waals surface area contributed by atoms with Crippen LogP contribution in [0, 0.1) is 0 Å². The van der Waals surface area contributed by atoms with Crippen molar-refractivity contribution in [2.75, 3.05) is 13.1 Å². The first-order valence-electron chi connectivity index (χ1n) is 7.94. The van der Waals surface area contributed by atoms with Crippen LogP contribution < -0.4 is 10.1 Å². The molecule has 2 aromatic rings. The van der Waals surface area contributed by atoms with Crippen molar-refractivity contribution in [2.45, 2.75) is 25.1 Å². The Balaban J connectivity index is 1.56. The highest BCUT2D eigenvalue weighted by Crippen LogP contribution is 2.28. The van der Waals surface area contributed by atoms with Gasteiger partial charge in [0.15, 0.2) is 5.78 Å². The van der Waals surface area contributed by atoms with Crippen molar-refractivity contribution in [1.82, 2.24) is 10.3 Å². The van der Waals surface area contributed by atoms with Gasteiger partial charge < -0.3 is 10.1 Å². The fourth-order valence-corrected chi connectivity index (χ4v) is 2.43. The number of nitrogens with zero attached hydrogens (tertiary/aromatic N) is 1. The quantitative estimate of drug-likeness (QED) is 0.813. The lowest BCUT2D eigenvalue weighted by atomic mass is 10.0. The first-order chi connectivity index (χ1) is 11.9. The van der Waals surface area contributed by atoms with E-state index in [1.54, 1.807) is 0 Å². The van der Waals surface area contributed by atoms with E-state index in [9.17, 15) is 18.0 Å². The molecule has 1 aromatic carbocycles. The molecule has 0 saturated carbocycles. The monoisotopic (exact) mass is 350 g/mol. The number of aromatic nitrogens is 1. The topological polar surface area (TPSA) is 51.2 Å². The van der Waals surface area contributed by atoms with E-state index in [0.29, 0.717) is 6.42 Å². The predicted octanol–water partition coefficient (Wildman–Crippen LogP) is 3.27. The molecule has 1 saturated heterocycles. The average Bonchev–Trinajstić information content (AvgIpc) is 2.56. The van der Waals surface area contributed by atoms with Gasteiger partial charge in [-0.05, 0) is 36.2 Å². The van der Waals surface area contributed by atoms with Gasteiger partial charge in [-0.25, -0.2) is 0 Å². The second-order valence-corrected chi connectivity index (χ2v) is 5.89. The summed E-state index contributed by atoms with van der Waals surface area (Å²) in [6, 6.07) is 9.51. The van der Waals surface area contributed by atoms with Gasteiger partial charge in [-0.3, -0.25) is 9.78 Å². The van der Waals surface area contributed by atoms with Gasteiger partial charge in [0.1, 0.15) is 17.5 Å². The van der Waals surface area contributed by atoms with E-state index < -0.39 is 11.9 Å². The lowest BCUT2D eigenvalue weighted by molar-refractivity contribution is -0.141. The molecule has 0 bridgehead atoms. The van der Waals surface area contributed by atoms with E-state index in [1.165, 1.54) is 6.07 Å². The maximum Gasteiger partial charge on any atom is 0.433 e. The maximum atomic E-state index is 12.7. The SMILES string of the molecule is O=C(CCc1ccc(OC2CNC2)cc1)c1ccnc(C(F)(F)F)c1. The molecule has 0 amide bonds. The summed E-state index contributed by atoms with van der Waals surface area (Å²) in [5.41, 5.74) is -0.0948. The van der Waals surface area contributed by atoms with Crippen molar-refractivity contribution < 1.29 is 22.7 Å². The molecule has 0 unspecified atom stereocenters. The first-order valence-corrected chi connectivity index (χ1v) is 7.94. The Morgan fingerprint density at radius 2 is 1.92 bits per heavy atom. The number of ketones is 1. The second kappa shape index (κ2) is 7.23. The molecule has 132 valence electrons. The number of nitrogens with one attached hydrogen (secondary N) is 1. The molecule has 1 aromatic heterocycles. The third kappa shape index (κ3) is 4.57. The van der Waals surface area contributed by atoms with Gasteiger partial charge in [0.05, 0.1) is 0 Å². The van der Waals surface area contributed by atoms with Crippen LogP contribution in [0.25, 0.3) is 0 Å². The van der Waals surface area contributed by atoms with Crippen LogP contribution in [0.4, 0.5) is 13.2 Å². The summed E-state index contributed by atoms with van der Waals surface area (Å²) in [4.78, 5) is 15.4. The number of hydrogen-bond donors (Lipinski definition) is 1. The summed E-state index contributed by atoms with van der Waals surface area (Å²) in [7, 11) is 0. The van der Waals surface area contributed by atoms with Crippen molar-refractivity contribution in [2.24, 2.45) is 0 Å². The van der Waals surface area contributed by atoms with Crippen molar-refractivity contribution in [3.8, 4) is 5.75 Å². The van der Waals surface area contributed by atoms with Crippen LogP contribution in [0.15, 0.2) is 42.6 Å². The Morgan fingerprint density at radius 1 is 1.20 bits per heavy atom. The number of carbonyl (C=O) groups excluding carboxylic acids is 1. The molecule has 25 heavy (non-hydrogen) atoms. The Labute approximate surface area is 143 Å². The molecular weight excluding hydrogens is 333 g/mol. The van der Waals surface area contributed by atoms with Gasteiger partial charge in [-0.1, -0.05) is 12.1 Å². The number of rotatable bonds is 6. The lowest BCUT2D eigenvalue weighted by Gasteiger charge is -2.27. The summed E-state index contributed by atoms with van der Waals surface area (Å²) in [5, 5.41) is 3.12. The van der Waals surface area contributed by atoms with Crippen molar-refractivity contribution >= 4 is 5.78 Å². The number of alkyl halides is 3. The van der Waals surface area contributed by atoms with Crippen LogP contribution in [-0.2, 0) is 12.6 Å². The smallest absolute Gasteiger partial charge is 0.433 e. The summed E-state index contributed by atoms with van der Waals surface area (Å²) in [6.45, 7) is 1.67. The highest BCUT2D eigenvalue weighted by Gasteiger charge is 2.32. The molecule has 3 rings (SSSR count). The van der Waals surface area contributed by atoms with Crippen molar-refractivity contribution in [1.29, 1.82) is 0 Å². The van der Waals surface area contributed by atoms with Crippen LogP contribution in [0.2, 0.25) is 0 Å². The lowest BCUT2D eigenvalue weighted by Crippen LogP contribution is -2.50. The fraction of sp³-hybridized carbons (Fsp3) is 0.333. The van der Waals surface area contributed by atoms with Crippen molar-refractivity contribution in [3.63, 3.8) is 0 Å². The van der Waals surface area contributed by atoms with Crippen LogP contribution in [0.1, 0.15) is 28.0 Å². The second-order valence-electron chi connectivity index (χ2n) is 5.89. The number of carbonyl (C=O) groups is 1. The number of ether oxygens (including phenoxy) is 1. The molecule has 1 N–H and O–H groups in total. The maximum absolute atomic E-state index is 12.7. The number of pyridine rings is 1. The number of halogens is 3. The molecule has 0 spiro atoms. The Hall–Kier alpha value is -2.41. The molecule has 2 heterocycles. The molecule has 0 atom stereocenters. The molecule has 0 aliphatic carbocycles. The zero-order chi connectivity index (χ0) is 17.9. The Bertz CT molecular complexity index is 741. The van der Waals surface area contributed by atoms with Crippen LogP contribution >= 0.6 is 0 Å².